The van der Waals surface area contributed by atoms with Gasteiger partial charge in [-0.1, -0.05) is 11.6 Å². The molecule has 0 aliphatic heterocycles. The highest BCUT2D eigenvalue weighted by molar-refractivity contribution is 6.64. The van der Waals surface area contributed by atoms with E-state index in [1.165, 1.54) is 0 Å². The fraction of sp³-hybridized carbons (Fsp3) is 0.188. The van der Waals surface area contributed by atoms with Crippen LogP contribution in [0.3, 0.4) is 0 Å². The third-order valence-electron chi connectivity index (χ3n) is 2.82. The zero-order valence-electron chi connectivity index (χ0n) is 11.6. The van der Waals surface area contributed by atoms with Crippen LogP contribution in [0.15, 0.2) is 42.5 Å². The number of hydrogen-bond donors (Lipinski definition) is 0. The summed E-state index contributed by atoms with van der Waals surface area (Å²) < 4.78 is 11.1. The minimum atomic E-state index is -0.683. The summed E-state index contributed by atoms with van der Waals surface area (Å²) in [6, 6.07) is 12.4. The van der Waals surface area contributed by atoms with Gasteiger partial charge in [-0.25, -0.2) is 0 Å². The first kappa shape index (κ1) is 15.7. The number of aryl methyl sites for hydroxylation is 1. The van der Waals surface area contributed by atoms with E-state index in [4.69, 9.17) is 32.7 Å². The predicted molar refractivity (Wildman–Crippen MR) is 83.7 cm³/mol. The van der Waals surface area contributed by atoms with Crippen molar-refractivity contribution in [2.75, 3.05) is 0 Å². The summed E-state index contributed by atoms with van der Waals surface area (Å²) >= 11 is 11.3. The molecule has 1 atom stereocenters. The Morgan fingerprint density at radius 1 is 1.10 bits per heavy atom. The maximum Gasteiger partial charge on any atom is 0.262 e. The lowest BCUT2D eigenvalue weighted by Gasteiger charge is -2.12. The number of hydrogen-bond acceptors (Lipinski definition) is 3. The number of benzene rings is 2. The molecule has 5 heteroatoms. The van der Waals surface area contributed by atoms with Gasteiger partial charge < -0.3 is 9.47 Å². The van der Waals surface area contributed by atoms with Gasteiger partial charge in [0, 0.05) is 5.02 Å². The topological polar surface area (TPSA) is 35.5 Å². The summed E-state index contributed by atoms with van der Waals surface area (Å²) in [5, 5.41) is 0.135. The second-order valence-corrected chi connectivity index (χ2v) is 5.36. The molecule has 1 unspecified atom stereocenters. The molecule has 0 heterocycles. The Morgan fingerprint density at radius 2 is 1.71 bits per heavy atom. The largest absolute Gasteiger partial charge is 0.482 e. The second kappa shape index (κ2) is 6.83. The molecule has 21 heavy (non-hydrogen) atoms. The van der Waals surface area contributed by atoms with E-state index >= 15 is 0 Å². The average molecular weight is 325 g/mol. The molecule has 2 aromatic rings. The summed E-state index contributed by atoms with van der Waals surface area (Å²) in [7, 11) is 0. The van der Waals surface area contributed by atoms with Gasteiger partial charge in [-0.05, 0) is 73.5 Å². The fourth-order valence-electron chi connectivity index (χ4n) is 1.69. The standard InChI is InChI=1S/C16H14Cl2O3/c1-10-9-12(17)3-8-15(10)21-14-6-4-13(5-7-14)20-11(2)16(18)19/h3-9,11H,1-2H3. The van der Waals surface area contributed by atoms with Crippen molar-refractivity contribution in [2.24, 2.45) is 0 Å². The van der Waals surface area contributed by atoms with Crippen LogP contribution in [-0.4, -0.2) is 11.3 Å². The van der Waals surface area contributed by atoms with E-state index in [2.05, 4.69) is 0 Å². The fourth-order valence-corrected chi connectivity index (χ4v) is 1.96. The molecule has 0 bridgehead atoms. The Bertz CT molecular complexity index is 638. The smallest absolute Gasteiger partial charge is 0.262 e. The molecule has 0 fully saturated rings. The highest BCUT2D eigenvalue weighted by Crippen LogP contribution is 2.28. The zero-order valence-corrected chi connectivity index (χ0v) is 13.1. The maximum absolute atomic E-state index is 10.9. The van der Waals surface area contributed by atoms with Crippen molar-refractivity contribution in [3.8, 4) is 17.2 Å². The lowest BCUT2D eigenvalue weighted by atomic mass is 10.2. The van der Waals surface area contributed by atoms with Crippen LogP contribution in [0.2, 0.25) is 5.02 Å². The van der Waals surface area contributed by atoms with E-state index < -0.39 is 11.3 Å². The molecule has 0 radical (unpaired) electrons. The molecular formula is C16H14Cl2O3. The number of ether oxygens (including phenoxy) is 2. The summed E-state index contributed by atoms with van der Waals surface area (Å²) in [6.45, 7) is 3.52. The molecule has 0 amide bonds. The lowest BCUT2D eigenvalue weighted by Crippen LogP contribution is -2.18. The van der Waals surface area contributed by atoms with Crippen molar-refractivity contribution in [2.45, 2.75) is 20.0 Å². The Balaban J connectivity index is 2.07. The van der Waals surface area contributed by atoms with Crippen LogP contribution in [0.4, 0.5) is 0 Å². The van der Waals surface area contributed by atoms with E-state index in [0.29, 0.717) is 16.5 Å². The third kappa shape index (κ3) is 4.38. The molecule has 0 N–H and O–H groups in total. The highest BCUT2D eigenvalue weighted by Gasteiger charge is 2.11. The Labute approximate surface area is 133 Å². The van der Waals surface area contributed by atoms with Crippen molar-refractivity contribution >= 4 is 28.4 Å². The van der Waals surface area contributed by atoms with E-state index in [1.807, 2.05) is 19.1 Å². The van der Waals surface area contributed by atoms with E-state index in [-0.39, 0.29) is 0 Å². The summed E-state index contributed by atoms with van der Waals surface area (Å²) in [5.41, 5.74) is 0.948. The average Bonchev–Trinajstić information content (AvgIpc) is 2.43. The number of halogens is 2. The maximum atomic E-state index is 10.9. The van der Waals surface area contributed by atoms with E-state index in [0.717, 1.165) is 11.3 Å². The van der Waals surface area contributed by atoms with Crippen molar-refractivity contribution in [1.82, 2.24) is 0 Å². The third-order valence-corrected chi connectivity index (χ3v) is 3.36. The normalized spacial score (nSPS) is 11.8. The quantitative estimate of drug-likeness (QED) is 0.728. The summed E-state index contributed by atoms with van der Waals surface area (Å²) in [5.74, 6) is 1.95. The van der Waals surface area contributed by atoms with E-state index in [9.17, 15) is 4.79 Å². The van der Waals surface area contributed by atoms with Gasteiger partial charge in [0.2, 0.25) is 0 Å². The minimum absolute atomic E-state index is 0.535. The molecule has 2 rings (SSSR count). The molecule has 0 saturated heterocycles. The van der Waals surface area contributed by atoms with Crippen molar-refractivity contribution < 1.29 is 14.3 Å². The summed E-state index contributed by atoms with van der Waals surface area (Å²) in [4.78, 5) is 10.9. The molecule has 0 aromatic heterocycles. The molecule has 110 valence electrons. The van der Waals surface area contributed by atoms with Crippen LogP contribution >= 0.6 is 23.2 Å². The zero-order chi connectivity index (χ0) is 15.4. The molecular weight excluding hydrogens is 311 g/mol. The van der Waals surface area contributed by atoms with Crippen LogP contribution in [0.25, 0.3) is 0 Å². The van der Waals surface area contributed by atoms with Gasteiger partial charge in [0.15, 0.2) is 6.10 Å². The second-order valence-electron chi connectivity index (χ2n) is 4.55. The van der Waals surface area contributed by atoms with Crippen molar-refractivity contribution in [3.63, 3.8) is 0 Å². The van der Waals surface area contributed by atoms with Gasteiger partial charge in [0.1, 0.15) is 17.2 Å². The van der Waals surface area contributed by atoms with Crippen LogP contribution in [0, 0.1) is 6.92 Å². The number of carbonyl (C=O) groups excluding carboxylic acids is 1. The van der Waals surface area contributed by atoms with Crippen LogP contribution in [-0.2, 0) is 4.79 Å². The van der Waals surface area contributed by atoms with Crippen molar-refractivity contribution in [1.29, 1.82) is 0 Å². The minimum Gasteiger partial charge on any atom is -0.482 e. The Hall–Kier alpha value is -1.71. The monoisotopic (exact) mass is 324 g/mol. The van der Waals surface area contributed by atoms with Crippen LogP contribution < -0.4 is 9.47 Å². The first-order chi connectivity index (χ1) is 9.95. The molecule has 0 spiro atoms. The number of rotatable bonds is 5. The van der Waals surface area contributed by atoms with Gasteiger partial charge in [0.25, 0.3) is 5.24 Å². The molecule has 2 aromatic carbocycles. The van der Waals surface area contributed by atoms with Gasteiger partial charge in [0.05, 0.1) is 0 Å². The molecule has 0 aliphatic carbocycles. The first-order valence-corrected chi connectivity index (χ1v) is 7.11. The SMILES string of the molecule is Cc1cc(Cl)ccc1Oc1ccc(OC(C)C(=O)Cl)cc1. The highest BCUT2D eigenvalue weighted by atomic mass is 35.5. The van der Waals surface area contributed by atoms with Gasteiger partial charge in [-0.3, -0.25) is 4.79 Å². The predicted octanol–water partition coefficient (Wildman–Crippen LogP) is 4.97. The van der Waals surface area contributed by atoms with Crippen molar-refractivity contribution in [3.05, 3.63) is 53.1 Å². The van der Waals surface area contributed by atoms with Crippen LogP contribution in [0.5, 0.6) is 17.2 Å². The summed E-state index contributed by atoms with van der Waals surface area (Å²) in [6.07, 6.45) is -0.683. The molecule has 0 aliphatic rings. The first-order valence-electron chi connectivity index (χ1n) is 6.36. The molecule has 3 nitrogen and oxygen atoms in total. The Kier molecular flexibility index (Phi) is 5.10. The Morgan fingerprint density at radius 3 is 2.29 bits per heavy atom. The van der Waals surface area contributed by atoms with Gasteiger partial charge in [-0.2, -0.15) is 0 Å². The van der Waals surface area contributed by atoms with Crippen LogP contribution in [0.1, 0.15) is 12.5 Å². The lowest BCUT2D eigenvalue weighted by molar-refractivity contribution is -0.117. The van der Waals surface area contributed by atoms with Gasteiger partial charge in [-0.15, -0.1) is 0 Å². The van der Waals surface area contributed by atoms with Gasteiger partial charge >= 0.3 is 0 Å². The van der Waals surface area contributed by atoms with E-state index in [1.54, 1.807) is 37.3 Å². The molecule has 0 saturated carbocycles. The number of carbonyl (C=O) groups is 1.